The molecule has 0 bridgehead atoms. The number of benzene rings is 1. The molecule has 6 nitrogen and oxygen atoms in total. The summed E-state index contributed by atoms with van der Waals surface area (Å²) in [5, 5.41) is 6.46. The van der Waals surface area contributed by atoms with Crippen LogP contribution in [0, 0.1) is 5.82 Å². The topological polar surface area (TPSA) is 58.1 Å². The quantitative estimate of drug-likeness (QED) is 0.365. The minimum Gasteiger partial charge on any atom is -0.491 e. The molecular weight excluding hydrogens is 438 g/mol. The van der Waals surface area contributed by atoms with Gasteiger partial charge < -0.3 is 20.1 Å². The van der Waals surface area contributed by atoms with Gasteiger partial charge in [-0.3, -0.25) is 9.89 Å². The molecular formula is C17H28FIN4O2. The molecule has 1 heterocycles. The number of aliphatic imine (C=N–C) groups is 1. The molecule has 0 unspecified atom stereocenters. The Bertz CT molecular complexity index is 539. The highest BCUT2D eigenvalue weighted by Gasteiger charge is 2.10. The normalized spacial score (nSPS) is 15.4. The first kappa shape index (κ1) is 21.9. The predicted octanol–water partition coefficient (Wildman–Crippen LogP) is 1.84. The van der Waals surface area contributed by atoms with Gasteiger partial charge in [-0.25, -0.2) is 4.39 Å². The number of nitrogens with one attached hydrogen (secondary N) is 2. The van der Waals surface area contributed by atoms with E-state index in [4.69, 9.17) is 9.47 Å². The van der Waals surface area contributed by atoms with Crippen molar-refractivity contribution in [2.75, 3.05) is 53.0 Å². The highest BCUT2D eigenvalue weighted by Crippen LogP contribution is 2.18. The summed E-state index contributed by atoms with van der Waals surface area (Å²) < 4.78 is 24.4. The molecule has 2 N–H and O–H groups in total. The summed E-state index contributed by atoms with van der Waals surface area (Å²) >= 11 is 0. The Hall–Kier alpha value is -1.13. The maximum absolute atomic E-state index is 13.8. The van der Waals surface area contributed by atoms with Crippen molar-refractivity contribution in [3.05, 3.63) is 29.6 Å². The van der Waals surface area contributed by atoms with Gasteiger partial charge in [0.1, 0.15) is 0 Å². The van der Waals surface area contributed by atoms with E-state index in [9.17, 15) is 4.39 Å². The average Bonchev–Trinajstić information content (AvgIpc) is 2.61. The number of hydrogen-bond donors (Lipinski definition) is 2. The predicted molar refractivity (Wildman–Crippen MR) is 108 cm³/mol. The van der Waals surface area contributed by atoms with E-state index in [-0.39, 0.29) is 35.5 Å². The number of morpholine rings is 1. The van der Waals surface area contributed by atoms with Crippen LogP contribution in [0.15, 0.2) is 23.2 Å². The fraction of sp³-hybridized carbons (Fsp3) is 0.588. The van der Waals surface area contributed by atoms with Gasteiger partial charge >= 0.3 is 0 Å². The monoisotopic (exact) mass is 466 g/mol. The summed E-state index contributed by atoms with van der Waals surface area (Å²) in [5.41, 5.74) is 0.840. The number of nitrogens with zero attached hydrogens (tertiary/aromatic N) is 2. The van der Waals surface area contributed by atoms with Crippen LogP contribution in [0.4, 0.5) is 4.39 Å². The number of guanidine groups is 1. The van der Waals surface area contributed by atoms with Crippen LogP contribution in [-0.2, 0) is 11.3 Å². The van der Waals surface area contributed by atoms with Crippen molar-refractivity contribution in [3.63, 3.8) is 0 Å². The lowest BCUT2D eigenvalue weighted by molar-refractivity contribution is 0.0389. The van der Waals surface area contributed by atoms with E-state index in [1.165, 1.54) is 6.07 Å². The Labute approximate surface area is 166 Å². The van der Waals surface area contributed by atoms with E-state index < -0.39 is 0 Å². The fourth-order valence-electron chi connectivity index (χ4n) is 2.49. The molecule has 0 saturated carbocycles. The largest absolute Gasteiger partial charge is 0.491 e. The number of rotatable bonds is 7. The maximum atomic E-state index is 13.8. The molecule has 25 heavy (non-hydrogen) atoms. The lowest BCUT2D eigenvalue weighted by atomic mass is 10.2. The van der Waals surface area contributed by atoms with Crippen LogP contribution in [0.1, 0.15) is 12.5 Å². The van der Waals surface area contributed by atoms with Crippen molar-refractivity contribution in [3.8, 4) is 5.75 Å². The molecule has 1 aliphatic heterocycles. The van der Waals surface area contributed by atoms with E-state index in [1.807, 2.05) is 13.0 Å². The van der Waals surface area contributed by atoms with Gasteiger partial charge in [-0.05, 0) is 24.6 Å². The molecule has 0 radical (unpaired) electrons. The van der Waals surface area contributed by atoms with Gasteiger partial charge in [-0.15, -0.1) is 24.0 Å². The van der Waals surface area contributed by atoms with Crippen molar-refractivity contribution < 1.29 is 13.9 Å². The van der Waals surface area contributed by atoms with Crippen molar-refractivity contribution in [1.82, 2.24) is 15.5 Å². The molecule has 1 aromatic rings. The standard InChI is InChI=1S/C17H27FN4O2.HI/c1-3-24-16-5-4-14(12-15(16)18)13-21-17(19-2)20-6-7-22-8-10-23-11-9-22;/h4-5,12H,3,6-11,13H2,1-2H3,(H2,19,20,21);1H. The zero-order valence-electron chi connectivity index (χ0n) is 14.9. The highest BCUT2D eigenvalue weighted by molar-refractivity contribution is 14.0. The van der Waals surface area contributed by atoms with Gasteiger partial charge in [0.15, 0.2) is 17.5 Å². The average molecular weight is 466 g/mol. The number of hydrogen-bond acceptors (Lipinski definition) is 4. The molecule has 0 aliphatic carbocycles. The van der Waals surface area contributed by atoms with Crippen molar-refractivity contribution in [1.29, 1.82) is 0 Å². The van der Waals surface area contributed by atoms with E-state index in [0.717, 1.165) is 45.0 Å². The smallest absolute Gasteiger partial charge is 0.191 e. The SMILES string of the molecule is CCOc1ccc(CNC(=NC)NCCN2CCOCC2)cc1F.I. The zero-order valence-corrected chi connectivity index (χ0v) is 17.2. The van der Waals surface area contributed by atoms with Gasteiger partial charge in [0.05, 0.1) is 19.8 Å². The van der Waals surface area contributed by atoms with E-state index in [0.29, 0.717) is 19.1 Å². The molecule has 8 heteroatoms. The Morgan fingerprint density at radius 3 is 2.72 bits per heavy atom. The number of ether oxygens (including phenoxy) is 2. The van der Waals surface area contributed by atoms with Crippen LogP contribution in [0.25, 0.3) is 0 Å². The van der Waals surface area contributed by atoms with Crippen molar-refractivity contribution in [2.45, 2.75) is 13.5 Å². The van der Waals surface area contributed by atoms with Crippen molar-refractivity contribution >= 4 is 29.9 Å². The molecule has 0 aromatic heterocycles. The van der Waals surface area contributed by atoms with Crippen molar-refractivity contribution in [2.24, 2.45) is 4.99 Å². The highest BCUT2D eigenvalue weighted by atomic mass is 127. The van der Waals surface area contributed by atoms with E-state index in [1.54, 1.807) is 13.1 Å². The first-order chi connectivity index (χ1) is 11.7. The summed E-state index contributed by atoms with van der Waals surface area (Å²) in [6.45, 7) is 8.08. The summed E-state index contributed by atoms with van der Waals surface area (Å²) in [6.07, 6.45) is 0. The third-order valence-corrected chi connectivity index (χ3v) is 3.80. The molecule has 1 aliphatic rings. The van der Waals surface area contributed by atoms with Gasteiger partial charge in [0.2, 0.25) is 0 Å². The van der Waals surface area contributed by atoms with Crippen LogP contribution in [0.3, 0.4) is 0 Å². The second kappa shape index (κ2) is 12.3. The van der Waals surface area contributed by atoms with Gasteiger partial charge in [0.25, 0.3) is 0 Å². The summed E-state index contributed by atoms with van der Waals surface area (Å²) in [5.74, 6) is 0.651. The van der Waals surface area contributed by atoms with Crippen LogP contribution in [0.2, 0.25) is 0 Å². The lowest BCUT2D eigenvalue weighted by Crippen LogP contribution is -2.44. The van der Waals surface area contributed by atoms with E-state index >= 15 is 0 Å². The molecule has 0 amide bonds. The van der Waals surface area contributed by atoms with Gasteiger partial charge in [-0.2, -0.15) is 0 Å². The molecule has 0 spiro atoms. The summed E-state index contributed by atoms with van der Waals surface area (Å²) in [7, 11) is 1.73. The third kappa shape index (κ3) is 7.74. The van der Waals surface area contributed by atoms with Crippen LogP contribution < -0.4 is 15.4 Å². The Morgan fingerprint density at radius 2 is 2.08 bits per heavy atom. The molecule has 142 valence electrons. The van der Waals surface area contributed by atoms with Crippen LogP contribution in [-0.4, -0.2) is 63.9 Å². The minimum atomic E-state index is -0.341. The first-order valence-corrected chi connectivity index (χ1v) is 8.38. The molecule has 1 fully saturated rings. The second-order valence-corrected chi connectivity index (χ2v) is 5.50. The second-order valence-electron chi connectivity index (χ2n) is 5.50. The summed E-state index contributed by atoms with van der Waals surface area (Å²) in [6, 6.07) is 4.99. The summed E-state index contributed by atoms with van der Waals surface area (Å²) in [4.78, 5) is 6.54. The Balaban J connectivity index is 0.00000312. The zero-order chi connectivity index (χ0) is 17.2. The van der Waals surface area contributed by atoms with E-state index in [2.05, 4.69) is 20.5 Å². The van der Waals surface area contributed by atoms with Gasteiger partial charge in [0, 0.05) is 39.8 Å². The number of halogens is 2. The molecule has 0 atom stereocenters. The Morgan fingerprint density at radius 1 is 1.32 bits per heavy atom. The van der Waals surface area contributed by atoms with Gasteiger partial charge in [-0.1, -0.05) is 6.07 Å². The molecule has 2 rings (SSSR count). The van der Waals surface area contributed by atoms with Crippen LogP contribution >= 0.6 is 24.0 Å². The molecule has 1 aromatic carbocycles. The maximum Gasteiger partial charge on any atom is 0.191 e. The minimum absolute atomic E-state index is 0. The molecule has 1 saturated heterocycles. The third-order valence-electron chi connectivity index (χ3n) is 3.80. The van der Waals surface area contributed by atoms with Crippen LogP contribution in [0.5, 0.6) is 5.75 Å². The first-order valence-electron chi connectivity index (χ1n) is 8.38. The lowest BCUT2D eigenvalue weighted by Gasteiger charge is -2.26. The fourth-order valence-corrected chi connectivity index (χ4v) is 2.49. The Kier molecular flexibility index (Phi) is 10.7.